The molecule has 35 heavy (non-hydrogen) atoms. The lowest BCUT2D eigenvalue weighted by atomic mass is 9.93. The molecule has 0 aliphatic carbocycles. The monoisotopic (exact) mass is 463 g/mol. The summed E-state index contributed by atoms with van der Waals surface area (Å²) in [5, 5.41) is 3.11. The van der Waals surface area contributed by atoms with E-state index >= 15 is 0 Å². The Morgan fingerprint density at radius 2 is 1.80 bits per heavy atom. The van der Waals surface area contributed by atoms with Crippen LogP contribution in [0.1, 0.15) is 28.5 Å². The molecule has 0 unspecified atom stereocenters. The number of pyridine rings is 3. The molecule has 0 bridgehead atoms. The van der Waals surface area contributed by atoms with E-state index in [-0.39, 0.29) is 11.3 Å². The van der Waals surface area contributed by atoms with Gasteiger partial charge in [0.15, 0.2) is 0 Å². The number of nitrogens with zero attached hydrogens (tertiary/aromatic N) is 3. The van der Waals surface area contributed by atoms with E-state index in [9.17, 15) is 9.59 Å². The van der Waals surface area contributed by atoms with Crippen molar-refractivity contribution in [3.8, 4) is 22.4 Å². The van der Waals surface area contributed by atoms with E-state index in [2.05, 4.69) is 36.2 Å². The number of ether oxygens (including phenoxy) is 1. The molecule has 6 nitrogen and oxygen atoms in total. The summed E-state index contributed by atoms with van der Waals surface area (Å²) in [7, 11) is 3.16. The van der Waals surface area contributed by atoms with Crippen LogP contribution in [0.15, 0.2) is 71.8 Å². The standard InChI is InChI=1S/C29H25N3O3/c1-5-18-12-22(23-11-17(2)28(33)32(3)27(23)13-18)21-8-6-7-19-14-26(31-16-24(19)21)20-9-10-25(30-15-20)29(34)35-4/h6-16H,5H2,1-4H3. The van der Waals surface area contributed by atoms with Gasteiger partial charge in [-0.1, -0.05) is 31.2 Å². The first kappa shape index (κ1) is 22.5. The number of rotatable bonds is 4. The largest absolute Gasteiger partial charge is 0.464 e. The SMILES string of the molecule is CCc1cc(-c2cccc3cc(-c4ccc(C(=O)OC)nc4)ncc23)c2cc(C)c(=O)n(C)c2c1. The second-order valence-corrected chi connectivity index (χ2v) is 8.64. The van der Waals surface area contributed by atoms with E-state index in [0.717, 1.165) is 50.5 Å². The van der Waals surface area contributed by atoms with Crippen LogP contribution in [0.2, 0.25) is 0 Å². The number of carbonyl (C=O) groups excluding carboxylic acids is 1. The Morgan fingerprint density at radius 3 is 2.51 bits per heavy atom. The molecule has 0 N–H and O–H groups in total. The third-order valence-corrected chi connectivity index (χ3v) is 6.50. The quantitative estimate of drug-likeness (QED) is 0.330. The Hall–Kier alpha value is -4.32. The van der Waals surface area contributed by atoms with Gasteiger partial charge in [-0.2, -0.15) is 0 Å². The van der Waals surface area contributed by atoms with Crippen molar-refractivity contribution >= 4 is 27.6 Å². The maximum Gasteiger partial charge on any atom is 0.356 e. The topological polar surface area (TPSA) is 74.1 Å². The maximum atomic E-state index is 12.6. The second kappa shape index (κ2) is 8.80. The summed E-state index contributed by atoms with van der Waals surface area (Å²) in [6.07, 6.45) is 4.38. The first-order valence-electron chi connectivity index (χ1n) is 11.5. The number of aryl methyl sites for hydroxylation is 3. The molecule has 0 amide bonds. The van der Waals surface area contributed by atoms with Gasteiger partial charge < -0.3 is 9.30 Å². The van der Waals surface area contributed by atoms with Crippen molar-refractivity contribution in [2.45, 2.75) is 20.3 Å². The molecule has 0 fully saturated rings. The Balaban J connectivity index is 1.69. The molecule has 3 heterocycles. The van der Waals surface area contributed by atoms with E-state index in [1.807, 2.05) is 44.4 Å². The minimum Gasteiger partial charge on any atom is -0.464 e. The van der Waals surface area contributed by atoms with Crippen LogP contribution in [0, 0.1) is 6.92 Å². The molecule has 0 atom stereocenters. The average Bonchev–Trinajstić information content (AvgIpc) is 2.90. The minimum absolute atomic E-state index is 0.0211. The van der Waals surface area contributed by atoms with Crippen molar-refractivity contribution in [1.82, 2.24) is 14.5 Å². The molecule has 0 radical (unpaired) electrons. The molecular weight excluding hydrogens is 438 g/mol. The molecule has 174 valence electrons. The van der Waals surface area contributed by atoms with Gasteiger partial charge in [0.1, 0.15) is 5.69 Å². The Morgan fingerprint density at radius 1 is 0.971 bits per heavy atom. The molecule has 3 aromatic heterocycles. The lowest BCUT2D eigenvalue weighted by molar-refractivity contribution is 0.0594. The zero-order valence-electron chi connectivity index (χ0n) is 20.1. The van der Waals surface area contributed by atoms with Gasteiger partial charge in [0.05, 0.1) is 18.3 Å². The van der Waals surface area contributed by atoms with E-state index in [4.69, 9.17) is 9.72 Å². The van der Waals surface area contributed by atoms with Crippen LogP contribution < -0.4 is 5.56 Å². The van der Waals surface area contributed by atoms with Gasteiger partial charge in [-0.05, 0) is 65.8 Å². The van der Waals surface area contributed by atoms with Crippen molar-refractivity contribution in [1.29, 1.82) is 0 Å². The van der Waals surface area contributed by atoms with Crippen LogP contribution in [-0.2, 0) is 18.2 Å². The summed E-state index contributed by atoms with van der Waals surface area (Å²) in [6.45, 7) is 3.98. The highest BCUT2D eigenvalue weighted by molar-refractivity contribution is 6.05. The van der Waals surface area contributed by atoms with Gasteiger partial charge in [-0.3, -0.25) is 9.78 Å². The van der Waals surface area contributed by atoms with Gasteiger partial charge >= 0.3 is 5.97 Å². The Kier molecular flexibility index (Phi) is 5.65. The van der Waals surface area contributed by atoms with E-state index < -0.39 is 5.97 Å². The van der Waals surface area contributed by atoms with E-state index in [0.29, 0.717) is 5.56 Å². The second-order valence-electron chi connectivity index (χ2n) is 8.64. The third-order valence-electron chi connectivity index (χ3n) is 6.50. The highest BCUT2D eigenvalue weighted by Gasteiger charge is 2.14. The van der Waals surface area contributed by atoms with Gasteiger partial charge in [-0.15, -0.1) is 0 Å². The summed E-state index contributed by atoms with van der Waals surface area (Å²) < 4.78 is 6.46. The number of aromatic nitrogens is 3. The summed E-state index contributed by atoms with van der Waals surface area (Å²) in [5.74, 6) is -0.470. The average molecular weight is 464 g/mol. The lowest BCUT2D eigenvalue weighted by Gasteiger charge is -2.15. The first-order chi connectivity index (χ1) is 16.9. The number of esters is 1. The van der Waals surface area contributed by atoms with Crippen LogP contribution in [0.25, 0.3) is 44.1 Å². The zero-order valence-corrected chi connectivity index (χ0v) is 20.1. The zero-order chi connectivity index (χ0) is 24.7. The minimum atomic E-state index is -0.470. The Bertz CT molecular complexity index is 1670. The first-order valence-corrected chi connectivity index (χ1v) is 11.5. The van der Waals surface area contributed by atoms with Crippen LogP contribution >= 0.6 is 0 Å². The summed E-state index contributed by atoms with van der Waals surface area (Å²) >= 11 is 0. The van der Waals surface area contributed by atoms with Crippen molar-refractivity contribution < 1.29 is 9.53 Å². The van der Waals surface area contributed by atoms with Crippen LogP contribution in [-0.4, -0.2) is 27.6 Å². The van der Waals surface area contributed by atoms with E-state index in [1.54, 1.807) is 16.8 Å². The van der Waals surface area contributed by atoms with Gasteiger partial charge in [0, 0.05) is 41.3 Å². The summed E-state index contributed by atoms with van der Waals surface area (Å²) in [5.41, 5.74) is 6.82. The molecular formula is C29H25N3O3. The fourth-order valence-corrected chi connectivity index (χ4v) is 4.54. The molecule has 5 aromatic rings. The smallest absolute Gasteiger partial charge is 0.356 e. The van der Waals surface area contributed by atoms with Gasteiger partial charge in [0.2, 0.25) is 0 Å². The van der Waals surface area contributed by atoms with Gasteiger partial charge in [-0.25, -0.2) is 9.78 Å². The lowest BCUT2D eigenvalue weighted by Crippen LogP contribution is -2.19. The molecule has 0 saturated heterocycles. The normalized spacial score (nSPS) is 11.2. The van der Waals surface area contributed by atoms with Crippen molar-refractivity contribution in [2.24, 2.45) is 7.05 Å². The number of hydrogen-bond acceptors (Lipinski definition) is 5. The van der Waals surface area contributed by atoms with Crippen molar-refractivity contribution in [3.05, 3.63) is 94.2 Å². The van der Waals surface area contributed by atoms with Gasteiger partial charge in [0.25, 0.3) is 5.56 Å². The summed E-state index contributed by atoms with van der Waals surface area (Å²) in [6, 6.07) is 18.0. The number of fused-ring (bicyclic) bond motifs is 2. The maximum absolute atomic E-state index is 12.6. The molecule has 0 spiro atoms. The number of carbonyl (C=O) groups is 1. The van der Waals surface area contributed by atoms with Crippen molar-refractivity contribution in [2.75, 3.05) is 7.11 Å². The predicted molar refractivity (Wildman–Crippen MR) is 139 cm³/mol. The fourth-order valence-electron chi connectivity index (χ4n) is 4.54. The van der Waals surface area contributed by atoms with Crippen molar-refractivity contribution in [3.63, 3.8) is 0 Å². The highest BCUT2D eigenvalue weighted by Crippen LogP contribution is 2.35. The molecule has 0 saturated carbocycles. The fraction of sp³-hybridized carbons (Fsp3) is 0.172. The van der Waals surface area contributed by atoms with E-state index in [1.165, 1.54) is 12.7 Å². The molecule has 5 rings (SSSR count). The molecule has 2 aromatic carbocycles. The van der Waals surface area contributed by atoms with Crippen LogP contribution in [0.5, 0.6) is 0 Å². The third kappa shape index (κ3) is 3.87. The number of benzene rings is 2. The Labute approximate surface area is 202 Å². The predicted octanol–water partition coefficient (Wildman–Crippen LogP) is 5.47. The summed E-state index contributed by atoms with van der Waals surface area (Å²) in [4.78, 5) is 33.2. The number of methoxy groups -OCH3 is 1. The van der Waals surface area contributed by atoms with Crippen LogP contribution in [0.3, 0.4) is 0 Å². The molecule has 0 aliphatic heterocycles. The molecule has 6 heteroatoms. The van der Waals surface area contributed by atoms with Crippen LogP contribution in [0.4, 0.5) is 0 Å². The number of hydrogen-bond donors (Lipinski definition) is 0. The highest BCUT2D eigenvalue weighted by atomic mass is 16.5. The molecule has 0 aliphatic rings.